The fourth-order valence-corrected chi connectivity index (χ4v) is 3.79. The first-order valence-corrected chi connectivity index (χ1v) is 7.89. The van der Waals surface area contributed by atoms with Crippen LogP contribution in [0.1, 0.15) is 38.3 Å². The van der Waals surface area contributed by atoms with E-state index in [9.17, 15) is 5.11 Å². The van der Waals surface area contributed by atoms with Gasteiger partial charge < -0.3 is 9.84 Å². The van der Waals surface area contributed by atoms with Crippen molar-refractivity contribution >= 4 is 15.9 Å². The third kappa shape index (κ3) is 2.34. The Hall–Kier alpha value is -1.48. The molecule has 0 saturated carbocycles. The van der Waals surface area contributed by atoms with Crippen molar-refractivity contribution in [2.75, 3.05) is 0 Å². The van der Waals surface area contributed by atoms with E-state index in [1.165, 1.54) is 5.56 Å². The van der Waals surface area contributed by atoms with Crippen LogP contribution >= 0.6 is 15.9 Å². The Labute approximate surface area is 133 Å². The highest BCUT2D eigenvalue weighted by Gasteiger charge is 2.44. The lowest BCUT2D eigenvalue weighted by atomic mass is 9.71. The van der Waals surface area contributed by atoms with Crippen LogP contribution in [0.2, 0.25) is 0 Å². The van der Waals surface area contributed by atoms with Crippen molar-refractivity contribution in [1.82, 2.24) is 0 Å². The standard InChI is InChI=1S/C18H19BrO2/c1-17(2)11-18(3,13-8-6-9-14(19)16(13)20)21-15-10-5-4-7-12(15)17/h4-10,20H,11H2,1-3H3. The molecular weight excluding hydrogens is 328 g/mol. The van der Waals surface area contributed by atoms with E-state index in [1.807, 2.05) is 43.3 Å². The monoisotopic (exact) mass is 346 g/mol. The molecule has 3 rings (SSSR count). The van der Waals surface area contributed by atoms with Crippen LogP contribution < -0.4 is 4.74 Å². The summed E-state index contributed by atoms with van der Waals surface area (Å²) in [5.74, 6) is 1.16. The van der Waals surface area contributed by atoms with Crippen LogP contribution in [0.25, 0.3) is 0 Å². The molecule has 0 saturated heterocycles. The second-order valence-corrected chi connectivity index (χ2v) is 7.38. The van der Waals surface area contributed by atoms with Gasteiger partial charge in [-0.3, -0.25) is 0 Å². The number of ether oxygens (including phenoxy) is 1. The van der Waals surface area contributed by atoms with Crippen LogP contribution in [-0.4, -0.2) is 5.11 Å². The summed E-state index contributed by atoms with van der Waals surface area (Å²) < 4.78 is 6.99. The number of phenolic OH excluding ortho intramolecular Hbond substituents is 1. The van der Waals surface area contributed by atoms with Crippen LogP contribution in [0.5, 0.6) is 11.5 Å². The van der Waals surface area contributed by atoms with Crippen molar-refractivity contribution in [3.8, 4) is 11.5 Å². The molecule has 0 spiro atoms. The van der Waals surface area contributed by atoms with Crippen molar-refractivity contribution in [2.45, 2.75) is 38.2 Å². The molecule has 1 N–H and O–H groups in total. The van der Waals surface area contributed by atoms with E-state index < -0.39 is 5.60 Å². The predicted octanol–water partition coefficient (Wildman–Crippen LogP) is 5.13. The number of rotatable bonds is 1. The lowest BCUT2D eigenvalue weighted by molar-refractivity contribution is 0.0304. The maximum Gasteiger partial charge on any atom is 0.136 e. The van der Waals surface area contributed by atoms with Crippen molar-refractivity contribution in [1.29, 1.82) is 0 Å². The number of para-hydroxylation sites is 2. The summed E-state index contributed by atoms with van der Waals surface area (Å²) in [4.78, 5) is 0. The Kier molecular flexibility index (Phi) is 3.28. The summed E-state index contributed by atoms with van der Waals surface area (Å²) in [5.41, 5.74) is 1.47. The van der Waals surface area contributed by atoms with Crippen LogP contribution in [-0.2, 0) is 11.0 Å². The molecule has 0 aromatic heterocycles. The van der Waals surface area contributed by atoms with Gasteiger partial charge in [-0.05, 0) is 46.0 Å². The Bertz CT molecular complexity index is 693. The average Bonchev–Trinajstić information content (AvgIpc) is 2.40. The fourth-order valence-electron chi connectivity index (χ4n) is 3.42. The number of hydrogen-bond donors (Lipinski definition) is 1. The molecule has 21 heavy (non-hydrogen) atoms. The summed E-state index contributed by atoms with van der Waals surface area (Å²) in [5, 5.41) is 10.4. The number of benzene rings is 2. The maximum atomic E-state index is 10.4. The molecule has 3 heteroatoms. The minimum absolute atomic E-state index is 0.0155. The van der Waals surface area contributed by atoms with Gasteiger partial charge in [-0.1, -0.05) is 44.2 Å². The van der Waals surface area contributed by atoms with Gasteiger partial charge in [0, 0.05) is 12.0 Å². The topological polar surface area (TPSA) is 29.5 Å². The van der Waals surface area contributed by atoms with Crippen LogP contribution in [0, 0.1) is 0 Å². The highest BCUT2D eigenvalue weighted by Crippen LogP contribution is 2.50. The first-order chi connectivity index (χ1) is 9.83. The minimum atomic E-state index is -0.550. The molecule has 0 amide bonds. The van der Waals surface area contributed by atoms with Crippen molar-refractivity contribution < 1.29 is 9.84 Å². The second kappa shape index (κ2) is 4.77. The molecule has 2 nitrogen and oxygen atoms in total. The normalized spacial score (nSPS) is 23.2. The highest BCUT2D eigenvalue weighted by atomic mass is 79.9. The molecule has 0 bridgehead atoms. The predicted molar refractivity (Wildman–Crippen MR) is 87.9 cm³/mol. The van der Waals surface area contributed by atoms with Crippen molar-refractivity contribution in [3.05, 3.63) is 58.1 Å². The molecule has 110 valence electrons. The van der Waals surface area contributed by atoms with Crippen LogP contribution in [0.15, 0.2) is 46.9 Å². The van der Waals surface area contributed by atoms with Gasteiger partial charge >= 0.3 is 0 Å². The number of hydrogen-bond acceptors (Lipinski definition) is 2. The maximum absolute atomic E-state index is 10.4. The second-order valence-electron chi connectivity index (χ2n) is 6.53. The quantitative estimate of drug-likeness (QED) is 0.775. The number of aromatic hydroxyl groups is 1. The minimum Gasteiger partial charge on any atom is -0.506 e. The Morgan fingerprint density at radius 2 is 1.67 bits per heavy atom. The van der Waals surface area contributed by atoms with E-state index in [0.717, 1.165) is 17.7 Å². The first-order valence-electron chi connectivity index (χ1n) is 7.10. The largest absolute Gasteiger partial charge is 0.506 e. The summed E-state index contributed by atoms with van der Waals surface area (Å²) >= 11 is 3.39. The van der Waals surface area contributed by atoms with Crippen molar-refractivity contribution in [2.24, 2.45) is 0 Å². The van der Waals surface area contributed by atoms with E-state index >= 15 is 0 Å². The Morgan fingerprint density at radius 1 is 1.00 bits per heavy atom. The molecule has 1 unspecified atom stereocenters. The Balaban J connectivity index is 2.14. The fraction of sp³-hybridized carbons (Fsp3) is 0.333. The summed E-state index contributed by atoms with van der Waals surface area (Å²) in [6, 6.07) is 13.9. The lowest BCUT2D eigenvalue weighted by Crippen LogP contribution is -2.41. The van der Waals surface area contributed by atoms with E-state index in [2.05, 4.69) is 35.8 Å². The molecular formula is C18H19BrO2. The number of halogens is 1. The Morgan fingerprint density at radius 3 is 2.43 bits per heavy atom. The van der Waals surface area contributed by atoms with Crippen LogP contribution in [0.4, 0.5) is 0 Å². The van der Waals surface area contributed by atoms with Gasteiger partial charge in [-0.25, -0.2) is 0 Å². The van der Waals surface area contributed by atoms with Gasteiger partial charge in [0.15, 0.2) is 0 Å². The summed E-state index contributed by atoms with van der Waals surface area (Å²) in [6.07, 6.45) is 0.807. The first kappa shape index (κ1) is 14.5. The zero-order chi connectivity index (χ0) is 15.3. The smallest absolute Gasteiger partial charge is 0.136 e. The van der Waals surface area contributed by atoms with E-state index in [1.54, 1.807) is 0 Å². The molecule has 0 radical (unpaired) electrons. The van der Waals surface area contributed by atoms with Crippen LogP contribution in [0.3, 0.4) is 0 Å². The van der Waals surface area contributed by atoms with E-state index in [0.29, 0.717) is 4.47 Å². The third-order valence-electron chi connectivity index (χ3n) is 4.29. The van der Waals surface area contributed by atoms with Crippen molar-refractivity contribution in [3.63, 3.8) is 0 Å². The lowest BCUT2D eigenvalue weighted by Gasteiger charge is -2.44. The summed E-state index contributed by atoms with van der Waals surface area (Å²) in [6.45, 7) is 6.50. The molecule has 1 aliphatic heterocycles. The molecule has 1 aliphatic rings. The molecule has 1 atom stereocenters. The van der Waals surface area contributed by atoms with Gasteiger partial charge in [-0.15, -0.1) is 0 Å². The molecule has 2 aromatic carbocycles. The van der Waals surface area contributed by atoms with E-state index in [-0.39, 0.29) is 11.2 Å². The number of fused-ring (bicyclic) bond motifs is 1. The molecule has 1 heterocycles. The SMILES string of the molecule is CC1(C)CC(C)(c2cccc(Br)c2O)Oc2ccccc21. The van der Waals surface area contributed by atoms with Gasteiger partial charge in [0.2, 0.25) is 0 Å². The molecule has 0 aliphatic carbocycles. The average molecular weight is 347 g/mol. The highest BCUT2D eigenvalue weighted by molar-refractivity contribution is 9.10. The van der Waals surface area contributed by atoms with Gasteiger partial charge in [-0.2, -0.15) is 0 Å². The third-order valence-corrected chi connectivity index (χ3v) is 4.93. The zero-order valence-corrected chi connectivity index (χ0v) is 14.1. The zero-order valence-electron chi connectivity index (χ0n) is 12.5. The van der Waals surface area contributed by atoms with Gasteiger partial charge in [0.25, 0.3) is 0 Å². The molecule has 2 aromatic rings. The number of phenols is 1. The van der Waals surface area contributed by atoms with Gasteiger partial charge in [0.1, 0.15) is 17.1 Å². The summed E-state index contributed by atoms with van der Waals surface area (Å²) in [7, 11) is 0. The molecule has 0 fully saturated rings. The van der Waals surface area contributed by atoms with Gasteiger partial charge in [0.05, 0.1) is 4.47 Å². The van der Waals surface area contributed by atoms with E-state index in [4.69, 9.17) is 4.74 Å².